The number of hydrogen-bond donors (Lipinski definition) is 3. The van der Waals surface area contributed by atoms with Gasteiger partial charge in [0.25, 0.3) is 0 Å². The van der Waals surface area contributed by atoms with Gasteiger partial charge in [-0.25, -0.2) is 10.2 Å². The van der Waals surface area contributed by atoms with Crippen LogP contribution < -0.4 is 16.6 Å². The third kappa shape index (κ3) is 7.23. The Morgan fingerprint density at radius 3 is 2.00 bits per heavy atom. The summed E-state index contributed by atoms with van der Waals surface area (Å²) in [6.07, 6.45) is 0. The van der Waals surface area contributed by atoms with Gasteiger partial charge in [-0.2, -0.15) is 0 Å². The first-order chi connectivity index (χ1) is 3.92. The van der Waals surface area contributed by atoms with E-state index < -0.39 is 6.03 Å². The number of carbonyl (C=O) groups is 1. The molecule has 4 N–H and O–H groups in total. The number of nitrogens with two attached hydrogens (primary N) is 1. The van der Waals surface area contributed by atoms with Gasteiger partial charge in [-0.1, -0.05) is 0 Å². The Kier molecular flexibility index (Phi) is 2.45. The van der Waals surface area contributed by atoms with Crippen LogP contribution in [0, 0.1) is 0 Å². The summed E-state index contributed by atoms with van der Waals surface area (Å²) in [6, 6.07) is -0.565. The number of hydrazine groups is 1. The van der Waals surface area contributed by atoms with Crippen LogP contribution in [0.1, 0.15) is 20.8 Å². The monoisotopic (exact) mass is 131 g/mol. The molecular formula is C5H13N3O. The Bertz CT molecular complexity index is 105. The fourth-order valence-electron chi connectivity index (χ4n) is 0.249. The van der Waals surface area contributed by atoms with Crippen LogP contribution in [0.15, 0.2) is 0 Å². The Hall–Kier alpha value is -0.770. The Labute approximate surface area is 54.8 Å². The number of primary amides is 1. The second-order valence-corrected chi connectivity index (χ2v) is 2.86. The maximum atomic E-state index is 10.1. The van der Waals surface area contributed by atoms with E-state index in [9.17, 15) is 4.79 Å². The highest BCUT2D eigenvalue weighted by atomic mass is 16.2. The van der Waals surface area contributed by atoms with Gasteiger partial charge >= 0.3 is 6.03 Å². The van der Waals surface area contributed by atoms with Crippen molar-refractivity contribution in [1.82, 2.24) is 10.9 Å². The molecule has 54 valence electrons. The number of urea groups is 1. The zero-order chi connectivity index (χ0) is 7.49. The topological polar surface area (TPSA) is 67.2 Å². The molecule has 0 heterocycles. The zero-order valence-corrected chi connectivity index (χ0v) is 5.99. The van der Waals surface area contributed by atoms with Crippen LogP contribution in [0.25, 0.3) is 0 Å². The number of nitrogens with one attached hydrogen (secondary N) is 2. The molecule has 0 unspecified atom stereocenters. The predicted molar refractivity (Wildman–Crippen MR) is 35.6 cm³/mol. The van der Waals surface area contributed by atoms with Gasteiger partial charge in [-0.05, 0) is 20.8 Å². The maximum Gasteiger partial charge on any atom is 0.326 e. The summed E-state index contributed by atoms with van der Waals surface area (Å²) in [6.45, 7) is 5.76. The van der Waals surface area contributed by atoms with Gasteiger partial charge in [0, 0.05) is 5.54 Å². The summed E-state index contributed by atoms with van der Waals surface area (Å²) in [5, 5.41) is 0. The first kappa shape index (κ1) is 8.23. The van der Waals surface area contributed by atoms with Crippen LogP contribution in [-0.4, -0.2) is 11.6 Å². The molecule has 0 aliphatic heterocycles. The average molecular weight is 131 g/mol. The van der Waals surface area contributed by atoms with Crippen LogP contribution in [0.3, 0.4) is 0 Å². The highest BCUT2D eigenvalue weighted by Gasteiger charge is 2.07. The summed E-state index contributed by atoms with van der Waals surface area (Å²) in [4.78, 5) is 10.1. The molecule has 0 rings (SSSR count). The Morgan fingerprint density at radius 2 is 1.89 bits per heavy atom. The molecule has 0 aliphatic rings. The van der Waals surface area contributed by atoms with E-state index in [-0.39, 0.29) is 5.54 Å². The Morgan fingerprint density at radius 1 is 1.44 bits per heavy atom. The quantitative estimate of drug-likeness (QED) is 0.437. The SMILES string of the molecule is CC(C)(C)NNC(N)=O. The molecule has 4 heteroatoms. The largest absolute Gasteiger partial charge is 0.351 e. The first-order valence-corrected chi connectivity index (χ1v) is 2.74. The molecule has 0 saturated heterocycles. The van der Waals surface area contributed by atoms with Crippen molar-refractivity contribution in [2.24, 2.45) is 5.73 Å². The predicted octanol–water partition coefficient (Wildman–Crippen LogP) is -0.0422. The molecule has 0 aromatic heterocycles. The van der Waals surface area contributed by atoms with E-state index in [1.54, 1.807) is 0 Å². The molecule has 0 saturated carbocycles. The van der Waals surface area contributed by atoms with E-state index in [0.717, 1.165) is 0 Å². The molecule has 0 radical (unpaired) electrons. The number of carbonyl (C=O) groups excluding carboxylic acids is 1. The van der Waals surface area contributed by atoms with E-state index in [1.807, 2.05) is 20.8 Å². The minimum atomic E-state index is -0.565. The van der Waals surface area contributed by atoms with E-state index in [0.29, 0.717) is 0 Å². The van der Waals surface area contributed by atoms with Gasteiger partial charge in [-0.15, -0.1) is 0 Å². The van der Waals surface area contributed by atoms with Crippen molar-refractivity contribution in [3.63, 3.8) is 0 Å². The lowest BCUT2D eigenvalue weighted by Gasteiger charge is -2.19. The number of amides is 2. The van der Waals surface area contributed by atoms with E-state index >= 15 is 0 Å². The van der Waals surface area contributed by atoms with Crippen LogP contribution in [0.5, 0.6) is 0 Å². The third-order valence-corrected chi connectivity index (χ3v) is 0.561. The van der Waals surface area contributed by atoms with Gasteiger partial charge in [-0.3, -0.25) is 5.43 Å². The minimum Gasteiger partial charge on any atom is -0.351 e. The number of rotatable bonds is 1. The molecule has 0 aromatic rings. The second-order valence-electron chi connectivity index (χ2n) is 2.86. The molecule has 2 amide bonds. The van der Waals surface area contributed by atoms with Gasteiger partial charge in [0.2, 0.25) is 0 Å². The molecular weight excluding hydrogens is 118 g/mol. The summed E-state index contributed by atoms with van der Waals surface area (Å²) < 4.78 is 0. The van der Waals surface area contributed by atoms with Gasteiger partial charge in [0.05, 0.1) is 0 Å². The van der Waals surface area contributed by atoms with E-state index in [2.05, 4.69) is 10.9 Å². The summed E-state index contributed by atoms with van der Waals surface area (Å²) in [5.74, 6) is 0. The first-order valence-electron chi connectivity index (χ1n) is 2.74. The molecule has 0 aromatic carbocycles. The lowest BCUT2D eigenvalue weighted by Crippen LogP contribution is -2.50. The van der Waals surface area contributed by atoms with Crippen LogP contribution >= 0.6 is 0 Å². The van der Waals surface area contributed by atoms with Gasteiger partial charge in [0.1, 0.15) is 0 Å². The summed E-state index contributed by atoms with van der Waals surface area (Å²) in [5.41, 5.74) is 9.63. The molecule has 0 atom stereocenters. The lowest BCUT2D eigenvalue weighted by molar-refractivity contribution is 0.237. The molecule has 0 bridgehead atoms. The third-order valence-electron chi connectivity index (χ3n) is 0.561. The maximum absolute atomic E-state index is 10.1. The highest BCUT2D eigenvalue weighted by molar-refractivity contribution is 5.70. The normalized spacial score (nSPS) is 11.0. The molecule has 4 nitrogen and oxygen atoms in total. The standard InChI is InChI=1S/C5H13N3O/c1-5(2,3)8-7-4(6)9/h8H,1-3H3,(H3,6,7,9). The van der Waals surface area contributed by atoms with Crippen molar-refractivity contribution in [2.45, 2.75) is 26.3 Å². The fraction of sp³-hybridized carbons (Fsp3) is 0.800. The van der Waals surface area contributed by atoms with E-state index in [1.165, 1.54) is 0 Å². The van der Waals surface area contributed by atoms with Crippen molar-refractivity contribution in [1.29, 1.82) is 0 Å². The smallest absolute Gasteiger partial charge is 0.326 e. The van der Waals surface area contributed by atoms with Crippen LogP contribution in [0.4, 0.5) is 4.79 Å². The average Bonchev–Trinajstić information content (AvgIpc) is 1.59. The second kappa shape index (κ2) is 2.68. The number of hydrogen-bond acceptors (Lipinski definition) is 2. The van der Waals surface area contributed by atoms with Gasteiger partial charge < -0.3 is 5.73 Å². The molecule has 0 spiro atoms. The molecule has 0 fully saturated rings. The van der Waals surface area contributed by atoms with Crippen molar-refractivity contribution in [3.8, 4) is 0 Å². The highest BCUT2D eigenvalue weighted by Crippen LogP contribution is 1.94. The van der Waals surface area contributed by atoms with Gasteiger partial charge in [0.15, 0.2) is 0 Å². The minimum absolute atomic E-state index is 0.130. The van der Waals surface area contributed by atoms with Crippen molar-refractivity contribution >= 4 is 6.03 Å². The zero-order valence-electron chi connectivity index (χ0n) is 5.99. The molecule has 0 aliphatic carbocycles. The van der Waals surface area contributed by atoms with Crippen LogP contribution in [-0.2, 0) is 0 Å². The van der Waals surface area contributed by atoms with E-state index in [4.69, 9.17) is 5.73 Å². The van der Waals surface area contributed by atoms with Crippen LogP contribution in [0.2, 0.25) is 0 Å². The van der Waals surface area contributed by atoms with Crippen molar-refractivity contribution < 1.29 is 4.79 Å². The van der Waals surface area contributed by atoms with Crippen molar-refractivity contribution in [2.75, 3.05) is 0 Å². The molecule has 9 heavy (non-hydrogen) atoms. The lowest BCUT2D eigenvalue weighted by atomic mass is 10.1. The summed E-state index contributed by atoms with van der Waals surface area (Å²) in [7, 11) is 0. The fourth-order valence-corrected chi connectivity index (χ4v) is 0.249. The van der Waals surface area contributed by atoms with Crippen molar-refractivity contribution in [3.05, 3.63) is 0 Å². The summed E-state index contributed by atoms with van der Waals surface area (Å²) >= 11 is 0. The Balaban J connectivity index is 3.39.